The minimum atomic E-state index is -0.249. The van der Waals surface area contributed by atoms with Crippen LogP contribution >= 0.6 is 0 Å². The maximum absolute atomic E-state index is 9.62. The normalized spacial score (nSPS) is 13.1. The smallest absolute Gasteiger partial charge is 0.0695 e. The minimum Gasteiger partial charge on any atom is -0.392 e. The Balaban J connectivity index is 1.92. The van der Waals surface area contributed by atoms with Crippen LogP contribution < -0.4 is 5.32 Å². The van der Waals surface area contributed by atoms with E-state index in [9.17, 15) is 5.11 Å². The summed E-state index contributed by atoms with van der Waals surface area (Å²) in [5, 5.41) is 21.0. The fourth-order valence-corrected chi connectivity index (χ4v) is 1.99. The average molecular weight is 233 g/mol. The second-order valence-corrected chi connectivity index (χ2v) is 4.32. The van der Waals surface area contributed by atoms with Crippen LogP contribution in [0.15, 0.2) is 24.4 Å². The minimum absolute atomic E-state index is 0.249. The molecule has 0 spiro atoms. The summed E-state index contributed by atoms with van der Waals surface area (Å²) in [5.74, 6) is 0. The molecule has 0 amide bonds. The number of nitrogens with one attached hydrogen (secondary N) is 2. The lowest BCUT2D eigenvalue weighted by molar-refractivity contribution is 0.160. The van der Waals surface area contributed by atoms with E-state index in [1.807, 2.05) is 18.3 Å². The van der Waals surface area contributed by atoms with Crippen LogP contribution in [0.5, 0.6) is 0 Å². The average Bonchev–Trinajstić information content (AvgIpc) is 2.78. The Hall–Kier alpha value is -1.39. The molecule has 3 N–H and O–H groups in total. The first-order chi connectivity index (χ1) is 8.31. The fourth-order valence-electron chi connectivity index (χ4n) is 1.99. The number of benzene rings is 1. The van der Waals surface area contributed by atoms with Gasteiger partial charge < -0.3 is 10.4 Å². The van der Waals surface area contributed by atoms with Gasteiger partial charge in [-0.25, -0.2) is 0 Å². The van der Waals surface area contributed by atoms with Crippen molar-refractivity contribution < 1.29 is 5.11 Å². The molecule has 4 heteroatoms. The Labute approximate surface area is 101 Å². The van der Waals surface area contributed by atoms with E-state index in [1.165, 1.54) is 5.56 Å². The predicted molar refractivity (Wildman–Crippen MR) is 68.7 cm³/mol. The van der Waals surface area contributed by atoms with E-state index in [4.69, 9.17) is 0 Å². The lowest BCUT2D eigenvalue weighted by Gasteiger charge is -2.10. The molecular weight excluding hydrogens is 214 g/mol. The molecular formula is C13H19N3O. The number of fused-ring (bicyclic) bond motifs is 1. The summed E-state index contributed by atoms with van der Waals surface area (Å²) < 4.78 is 0. The maximum Gasteiger partial charge on any atom is 0.0695 e. The number of rotatable bonds is 6. The quantitative estimate of drug-likeness (QED) is 0.713. The Kier molecular flexibility index (Phi) is 4.12. The molecule has 0 saturated heterocycles. The van der Waals surface area contributed by atoms with Gasteiger partial charge in [0.1, 0.15) is 0 Å². The van der Waals surface area contributed by atoms with Crippen molar-refractivity contribution in [2.24, 2.45) is 0 Å². The van der Waals surface area contributed by atoms with Crippen LogP contribution in [-0.2, 0) is 6.54 Å². The Bertz CT molecular complexity index is 466. The summed E-state index contributed by atoms with van der Waals surface area (Å²) in [6.45, 7) is 3.47. The second kappa shape index (κ2) is 5.80. The molecule has 2 aromatic rings. The summed E-state index contributed by atoms with van der Waals surface area (Å²) in [6.07, 6.45) is 3.44. The van der Waals surface area contributed by atoms with Gasteiger partial charge in [-0.15, -0.1) is 0 Å². The Morgan fingerprint density at radius 3 is 3.18 bits per heavy atom. The van der Waals surface area contributed by atoms with Gasteiger partial charge in [-0.2, -0.15) is 5.10 Å². The third kappa shape index (κ3) is 3.05. The van der Waals surface area contributed by atoms with Crippen molar-refractivity contribution in [1.29, 1.82) is 0 Å². The number of hydrogen-bond acceptors (Lipinski definition) is 3. The zero-order valence-corrected chi connectivity index (χ0v) is 10.1. The van der Waals surface area contributed by atoms with Crippen molar-refractivity contribution in [3.8, 4) is 0 Å². The first-order valence-corrected chi connectivity index (χ1v) is 6.11. The summed E-state index contributed by atoms with van der Waals surface area (Å²) in [4.78, 5) is 0. The summed E-state index contributed by atoms with van der Waals surface area (Å²) >= 11 is 0. The molecule has 0 radical (unpaired) electrons. The molecule has 4 nitrogen and oxygen atoms in total. The number of aliphatic hydroxyl groups excluding tert-OH is 1. The summed E-state index contributed by atoms with van der Waals surface area (Å²) in [5.41, 5.74) is 2.26. The first kappa shape index (κ1) is 12.1. The molecule has 1 unspecified atom stereocenters. The number of aliphatic hydroxyl groups is 1. The molecule has 1 heterocycles. The monoisotopic (exact) mass is 233 g/mol. The highest BCUT2D eigenvalue weighted by molar-refractivity contribution is 5.81. The number of H-pyrrole nitrogens is 1. The molecule has 0 aliphatic heterocycles. The maximum atomic E-state index is 9.62. The van der Waals surface area contributed by atoms with Crippen molar-refractivity contribution in [2.75, 3.05) is 6.54 Å². The zero-order chi connectivity index (χ0) is 12.1. The number of hydrogen-bond donors (Lipinski definition) is 3. The van der Waals surface area contributed by atoms with E-state index in [0.29, 0.717) is 6.54 Å². The van der Waals surface area contributed by atoms with E-state index in [1.54, 1.807) is 0 Å². The number of nitrogens with zero attached hydrogens (tertiary/aromatic N) is 1. The largest absolute Gasteiger partial charge is 0.392 e. The van der Waals surface area contributed by atoms with E-state index < -0.39 is 0 Å². The fraction of sp³-hybridized carbons (Fsp3) is 0.462. The van der Waals surface area contributed by atoms with Crippen LogP contribution in [0.4, 0.5) is 0 Å². The van der Waals surface area contributed by atoms with Gasteiger partial charge in [0.05, 0.1) is 17.8 Å². The van der Waals surface area contributed by atoms with Gasteiger partial charge >= 0.3 is 0 Å². The molecule has 2 rings (SSSR count). The lowest BCUT2D eigenvalue weighted by Crippen LogP contribution is -2.26. The van der Waals surface area contributed by atoms with Crippen molar-refractivity contribution in [3.05, 3.63) is 30.0 Å². The van der Waals surface area contributed by atoms with Crippen LogP contribution in [0.1, 0.15) is 25.3 Å². The van der Waals surface area contributed by atoms with Crippen molar-refractivity contribution in [1.82, 2.24) is 15.5 Å². The summed E-state index contributed by atoms with van der Waals surface area (Å²) in [7, 11) is 0. The molecule has 0 fully saturated rings. The highest BCUT2D eigenvalue weighted by Crippen LogP contribution is 2.15. The van der Waals surface area contributed by atoms with Crippen molar-refractivity contribution in [3.63, 3.8) is 0 Å². The van der Waals surface area contributed by atoms with E-state index in [-0.39, 0.29) is 6.10 Å². The molecule has 1 aromatic carbocycles. The third-order valence-corrected chi connectivity index (χ3v) is 2.88. The van der Waals surface area contributed by atoms with Crippen LogP contribution in [0.2, 0.25) is 0 Å². The van der Waals surface area contributed by atoms with Gasteiger partial charge in [-0.3, -0.25) is 5.10 Å². The third-order valence-electron chi connectivity index (χ3n) is 2.88. The molecule has 92 valence electrons. The number of aromatic amines is 1. The molecule has 0 aliphatic rings. The predicted octanol–water partition coefficient (Wildman–Crippen LogP) is 1.81. The second-order valence-electron chi connectivity index (χ2n) is 4.32. The van der Waals surface area contributed by atoms with Gasteiger partial charge in [-0.05, 0) is 12.0 Å². The van der Waals surface area contributed by atoms with Crippen molar-refractivity contribution >= 4 is 10.9 Å². The van der Waals surface area contributed by atoms with Crippen LogP contribution in [0.3, 0.4) is 0 Å². The van der Waals surface area contributed by atoms with Crippen molar-refractivity contribution in [2.45, 2.75) is 32.4 Å². The van der Waals surface area contributed by atoms with Crippen LogP contribution in [-0.4, -0.2) is 28.0 Å². The van der Waals surface area contributed by atoms with Gasteiger partial charge in [0.25, 0.3) is 0 Å². The molecule has 1 atom stereocenters. The van der Waals surface area contributed by atoms with E-state index >= 15 is 0 Å². The Morgan fingerprint density at radius 1 is 1.47 bits per heavy atom. The van der Waals surface area contributed by atoms with Gasteiger partial charge in [0.2, 0.25) is 0 Å². The van der Waals surface area contributed by atoms with E-state index in [0.717, 1.165) is 30.3 Å². The number of para-hydroxylation sites is 1. The number of aromatic nitrogens is 2. The molecule has 0 aliphatic carbocycles. The molecule has 0 bridgehead atoms. The lowest BCUT2D eigenvalue weighted by atomic mass is 10.1. The zero-order valence-electron chi connectivity index (χ0n) is 10.1. The van der Waals surface area contributed by atoms with E-state index in [2.05, 4.69) is 28.5 Å². The SMILES string of the molecule is CCCC(O)CNCc1cccc2cn[nH]c12. The molecule has 0 saturated carbocycles. The highest BCUT2D eigenvalue weighted by atomic mass is 16.3. The van der Waals surface area contributed by atoms with Gasteiger partial charge in [-0.1, -0.05) is 31.5 Å². The van der Waals surface area contributed by atoms with Gasteiger partial charge in [0.15, 0.2) is 0 Å². The molecule has 1 aromatic heterocycles. The van der Waals surface area contributed by atoms with Gasteiger partial charge in [0, 0.05) is 18.5 Å². The van der Waals surface area contributed by atoms with Crippen LogP contribution in [0.25, 0.3) is 10.9 Å². The topological polar surface area (TPSA) is 60.9 Å². The van der Waals surface area contributed by atoms with Crippen LogP contribution in [0, 0.1) is 0 Å². The Morgan fingerprint density at radius 2 is 2.35 bits per heavy atom. The highest BCUT2D eigenvalue weighted by Gasteiger charge is 2.04. The summed E-state index contributed by atoms with van der Waals surface area (Å²) in [6, 6.07) is 6.13. The molecule has 17 heavy (non-hydrogen) atoms. The standard InChI is InChI=1S/C13H19N3O/c1-2-4-12(17)9-14-7-10-5-3-6-11-8-15-16-13(10)11/h3,5-6,8,12,14,17H,2,4,7,9H2,1H3,(H,15,16). The first-order valence-electron chi connectivity index (χ1n) is 6.11.